The molecule has 0 spiro atoms. The molecule has 1 heterocycles. The smallest absolute Gasteiger partial charge is 0.221 e. The molecule has 0 bridgehead atoms. The molecule has 150 heavy (non-hydrogen) atoms. The number of rotatable bonds is 13. The van der Waals surface area contributed by atoms with Crippen molar-refractivity contribution in [2.45, 2.75) is 185 Å². The summed E-state index contributed by atoms with van der Waals surface area (Å²) in [7, 11) is 0. The van der Waals surface area contributed by atoms with Crippen LogP contribution in [0.1, 0.15) is 250 Å². The molecule has 22 rings (SSSR count). The maximum atomic E-state index is 13.3. The first-order chi connectivity index (χ1) is 71.6. The number of hydrogen-bond donors (Lipinski definition) is 7. The number of H-pyrrole nitrogens is 1. The van der Waals surface area contributed by atoms with Gasteiger partial charge < -0.3 is 32.3 Å². The van der Waals surface area contributed by atoms with Gasteiger partial charge in [-0.05, 0) is 403 Å². The molecule has 21 nitrogen and oxygen atoms in total. The van der Waals surface area contributed by atoms with E-state index in [1.54, 1.807) is 84.9 Å². The largest absolute Gasteiger partial charge is 0.399 e. The normalized spacial score (nSPS) is 16.9. The van der Waals surface area contributed by atoms with Crippen molar-refractivity contribution < 1.29 is 84.3 Å². The van der Waals surface area contributed by atoms with Gasteiger partial charge in [-0.2, -0.15) is 5.10 Å². The number of nitrogens with one attached hydrogen (secondary N) is 6. The lowest BCUT2D eigenvalue weighted by Gasteiger charge is -2.36. The van der Waals surface area contributed by atoms with Crippen LogP contribution < -0.4 is 32.3 Å². The van der Waals surface area contributed by atoms with Crippen LogP contribution in [-0.4, -0.2) is 86.5 Å². The molecule has 9 aliphatic rings. The summed E-state index contributed by atoms with van der Waals surface area (Å²) in [6.45, 7) is 19.1. The van der Waals surface area contributed by atoms with E-state index in [4.69, 9.17) is 5.73 Å². The fourth-order valence-electron chi connectivity index (χ4n) is 21.8. The Hall–Kier alpha value is -16.0. The number of nitrogens with two attached hydrogens (primary N) is 1. The van der Waals surface area contributed by atoms with E-state index in [2.05, 4.69) is 77.8 Å². The molecule has 0 saturated heterocycles. The number of halogens is 6. The maximum Gasteiger partial charge on any atom is 0.221 e. The fourth-order valence-corrected chi connectivity index (χ4v) is 22.4. The second-order valence-electron chi connectivity index (χ2n) is 39.4. The number of carbonyl (C=O) groups excluding carboxylic acids is 13. The number of aromatic amines is 1. The molecule has 0 aliphatic heterocycles. The van der Waals surface area contributed by atoms with Gasteiger partial charge in [0.2, 0.25) is 29.5 Å². The van der Waals surface area contributed by atoms with E-state index >= 15 is 0 Å². The van der Waals surface area contributed by atoms with Crippen molar-refractivity contribution in [1.82, 2.24) is 10.2 Å². The van der Waals surface area contributed by atoms with Crippen molar-refractivity contribution in [3.63, 3.8) is 0 Å². The number of aldehydes is 1. The third-order valence-electron chi connectivity index (χ3n) is 29.2. The summed E-state index contributed by atoms with van der Waals surface area (Å²) in [5.74, 6) is -0.798. The number of nitrogen functional groups attached to an aromatic ring is 1. The number of allylic oxidation sites excluding steroid dienone is 5. The Bertz CT molecular complexity index is 7670. The average molecular weight is 2090 g/mol. The predicted molar refractivity (Wildman–Crippen MR) is 577 cm³/mol. The van der Waals surface area contributed by atoms with E-state index in [-0.39, 0.29) is 116 Å². The summed E-state index contributed by atoms with van der Waals surface area (Å²) in [4.78, 5) is 149. The average Bonchev–Trinajstić information content (AvgIpc) is 1.56. The maximum absolute atomic E-state index is 13.3. The molecule has 5 amide bonds. The van der Waals surface area contributed by atoms with Crippen molar-refractivity contribution in [3.05, 3.63) is 397 Å². The molecule has 3 atom stereocenters. The highest BCUT2D eigenvalue weighted by Crippen LogP contribution is 2.59. The first-order valence-corrected chi connectivity index (χ1v) is 50.5. The fraction of sp³-hybridized carbons (Fsp3) is 0.252. The van der Waals surface area contributed by atoms with Gasteiger partial charge in [-0.15, -0.1) is 0 Å². The van der Waals surface area contributed by atoms with E-state index in [1.807, 2.05) is 83.3 Å². The first-order valence-electron chi connectivity index (χ1n) is 49.7. The van der Waals surface area contributed by atoms with Crippen molar-refractivity contribution in [2.24, 2.45) is 16.7 Å². The van der Waals surface area contributed by atoms with Crippen molar-refractivity contribution in [1.29, 1.82) is 0 Å². The number of carbonyl (C=O) groups is 13. The number of benzene rings is 12. The van der Waals surface area contributed by atoms with Crippen LogP contribution in [0.3, 0.4) is 0 Å². The molecule has 0 radical (unpaired) electrons. The van der Waals surface area contributed by atoms with Gasteiger partial charge in [-0.25, -0.2) is 22.0 Å². The second-order valence-corrected chi connectivity index (χ2v) is 40.2. The topological polar surface area (TPSA) is 337 Å². The van der Waals surface area contributed by atoms with Crippen molar-refractivity contribution >= 4 is 154 Å². The molecule has 0 saturated carbocycles. The standard InChI is InChI=1S/C22H19FN2O.C22H22FNO.C19H18FNO2.C19H16FNO2.C12H13NO2.C11H10BrNO2.C11H11NO2.C7H5FO/c1-13-20(26)8-9-22(10-14-2-4-15(23)5-3-14)11-17-16(21(13)22)6-7-19-18(17)12-24-25-19;1-13-18-12-22(11-15-3-5-16(23)6-4-15)10-9-20(25)14(2)21(22)17(18)7-8-19(13)24;2*1-11-17-10-14(9-13-3-5-15(20)6-4-13)19(23)16(17)7-8-18(11)21-12(2)22;1-7-9-4-6-12(15)10(9)3-5-11(7)13-8(2)14;1-6(14)13-9-4-2-7-8(11(9)12)3-5-10(7)15;1-7(13)12-9-3-4-10-8(6-9)2-5-11(10)14;8-7-3-1-6(5-9)2-4-7/h2-7,12H,8-11H2,1H3,(H,24,25);3-8H,9-12,24H2,1-2H3;3-8,14H,9-10H2,1-2H3,(H,21,22);3-9H,10H2,1-2H3,(H,21,22);3,5H,4,6H2,1-2H3,(H,13,14);2,4H,3,5H2,1H3,(H,13,14);3-4,6H,2,5H2,1H3,(H,12,13);1-5H/b;;;14-9+;;;;. The molecule has 3 unspecified atom stereocenters. The van der Waals surface area contributed by atoms with Crippen LogP contribution in [0.4, 0.5) is 56.1 Å². The molecule has 1 aromatic heterocycles. The van der Waals surface area contributed by atoms with Crippen LogP contribution in [0.2, 0.25) is 0 Å². The zero-order valence-corrected chi connectivity index (χ0v) is 86.7. The van der Waals surface area contributed by atoms with Gasteiger partial charge in [0.05, 0.1) is 17.4 Å². The van der Waals surface area contributed by atoms with Crippen LogP contribution in [0, 0.1) is 73.5 Å². The lowest BCUT2D eigenvalue weighted by atomic mass is 9.67. The van der Waals surface area contributed by atoms with Gasteiger partial charge in [-0.1, -0.05) is 60.7 Å². The second kappa shape index (κ2) is 46.6. The summed E-state index contributed by atoms with van der Waals surface area (Å²) < 4.78 is 65.5. The molecular formula is C123H114BrF5N8O13. The molecule has 0 fully saturated rings. The molecule has 766 valence electrons. The minimum absolute atomic E-state index is 0.0122. The van der Waals surface area contributed by atoms with Gasteiger partial charge in [0.1, 0.15) is 35.4 Å². The number of ketones is 7. The van der Waals surface area contributed by atoms with E-state index in [9.17, 15) is 84.3 Å². The molecule has 27 heteroatoms. The predicted octanol–water partition coefficient (Wildman–Crippen LogP) is 24.9. The number of aryl methyl sites for hydroxylation is 1. The van der Waals surface area contributed by atoms with Crippen LogP contribution in [0.5, 0.6) is 0 Å². The number of Topliss-reactive ketones (excluding diaryl/α,β-unsaturated/α-hetero) is 7. The molecule has 9 aliphatic carbocycles. The van der Waals surface area contributed by atoms with Crippen molar-refractivity contribution in [3.8, 4) is 0 Å². The van der Waals surface area contributed by atoms with E-state index in [1.165, 1.54) is 141 Å². The number of anilines is 6. The van der Waals surface area contributed by atoms with Gasteiger partial charge in [-0.3, -0.25) is 67.4 Å². The summed E-state index contributed by atoms with van der Waals surface area (Å²) in [6, 6.07) is 59.1. The third kappa shape index (κ3) is 24.5. The Kier molecular flexibility index (Phi) is 33.6. The van der Waals surface area contributed by atoms with Crippen LogP contribution >= 0.6 is 15.9 Å². The number of aromatic nitrogens is 2. The van der Waals surface area contributed by atoms with Gasteiger partial charge in [0.25, 0.3) is 0 Å². The van der Waals surface area contributed by atoms with Gasteiger partial charge >= 0.3 is 0 Å². The highest BCUT2D eigenvalue weighted by molar-refractivity contribution is 9.10. The molecule has 8 N–H and O–H groups in total. The lowest BCUT2D eigenvalue weighted by Crippen LogP contribution is -2.30. The SMILES string of the molecule is CC(=O)Nc1ccc2c(c1)CCC2=O.CC(=O)Nc1ccc2c(c1Br)CCC2=O.CC(=O)Nc1ccc2c(c1C)C/C(=C\c1ccc(F)cc1)C2=O.CC(=O)Nc1ccc2c(c1C)CC(Cc1ccc(F)cc1)C2=O.CC(=O)Nc1ccc2c(c1C)CCC2=O.CC1=C2c3ccc(N)c(C)c3CC2(Cc2ccc(F)cc2)CCC1=O.CC1=C2c3ccc4[nH]ncc4c3CC2(Cc2ccc(F)cc2)CCC1=O.O=Cc1ccc(F)cc1. The molecule has 13 aromatic rings. The van der Waals surface area contributed by atoms with E-state index in [0.29, 0.717) is 74.4 Å². The van der Waals surface area contributed by atoms with E-state index < -0.39 is 0 Å². The molecular weight excluding hydrogens is 1970 g/mol. The lowest BCUT2D eigenvalue weighted by molar-refractivity contribution is -0.117. The van der Waals surface area contributed by atoms with Crippen molar-refractivity contribution in [2.75, 3.05) is 32.3 Å². The Morgan fingerprint density at radius 3 is 1.34 bits per heavy atom. The summed E-state index contributed by atoms with van der Waals surface area (Å²) >= 11 is 3.42. The highest BCUT2D eigenvalue weighted by atomic mass is 79.9. The third-order valence-corrected chi connectivity index (χ3v) is 30.1. The summed E-state index contributed by atoms with van der Waals surface area (Å²) in [5, 5.41) is 22.1. The Labute approximate surface area is 874 Å². The van der Waals surface area contributed by atoms with Crippen LogP contribution in [0.15, 0.2) is 240 Å². The Morgan fingerprint density at radius 1 is 0.407 bits per heavy atom. The molecule has 12 aromatic carbocycles. The quantitative estimate of drug-likeness (QED) is 0.0244. The zero-order chi connectivity index (χ0) is 108. The summed E-state index contributed by atoms with van der Waals surface area (Å²) in [5.41, 5.74) is 38.7. The van der Waals surface area contributed by atoms with Crippen LogP contribution in [-0.2, 0) is 97.8 Å². The Balaban J connectivity index is 0.000000130. The number of nitrogens with zero attached hydrogens (tertiary/aromatic N) is 1. The van der Waals surface area contributed by atoms with Gasteiger partial charge in [0.15, 0.2) is 40.5 Å². The summed E-state index contributed by atoms with van der Waals surface area (Å²) in [6.07, 6.45) is 16.5. The monoisotopic (exact) mass is 2080 g/mol. The number of amides is 5. The van der Waals surface area contributed by atoms with Gasteiger partial charge in [0, 0.05) is 167 Å². The number of hydrogen-bond acceptors (Lipinski definition) is 15. The Morgan fingerprint density at radius 2 is 0.820 bits per heavy atom. The number of fused-ring (bicyclic) bond motifs is 13. The van der Waals surface area contributed by atoms with Crippen LogP contribution in [0.25, 0.3) is 28.1 Å². The first kappa shape index (κ1) is 108. The van der Waals surface area contributed by atoms with E-state index in [0.717, 1.165) is 213 Å². The minimum atomic E-state index is -0.319. The zero-order valence-electron chi connectivity index (χ0n) is 85.1. The minimum Gasteiger partial charge on any atom is -0.399 e. The highest BCUT2D eigenvalue weighted by Gasteiger charge is 2.49.